The Balaban J connectivity index is 1.64. The Labute approximate surface area is 234 Å². The lowest BCUT2D eigenvalue weighted by Crippen LogP contribution is -2.49. The van der Waals surface area contributed by atoms with Gasteiger partial charge in [-0.25, -0.2) is 13.2 Å². The molecule has 1 heterocycles. The molecule has 0 bridgehead atoms. The van der Waals surface area contributed by atoms with Gasteiger partial charge in [-0.3, -0.25) is 9.69 Å². The van der Waals surface area contributed by atoms with Gasteiger partial charge in [0.15, 0.2) is 9.84 Å². The van der Waals surface area contributed by atoms with Crippen LogP contribution in [0.3, 0.4) is 0 Å². The second-order valence-corrected chi connectivity index (χ2v) is 13.2. The van der Waals surface area contributed by atoms with Crippen LogP contribution in [0, 0.1) is 0 Å². The fourth-order valence-electron chi connectivity index (χ4n) is 4.03. The zero-order chi connectivity index (χ0) is 28.3. The van der Waals surface area contributed by atoms with Crippen LogP contribution in [0.5, 0.6) is 0 Å². The Bertz CT molecular complexity index is 1300. The van der Waals surface area contributed by atoms with E-state index in [2.05, 4.69) is 10.2 Å². The topological polar surface area (TPSA) is 122 Å². The molecule has 3 rings (SSSR count). The standard InChI is InChI=1S/C26H34Cl2N4O5S/c1-5-38(35,36)23-7-6-19(27)12-17(23)15-30-24(33)20-14-21(28)18(13-22(20)29)16-31-8-10-32(11-9-31)25(34)37-26(2,3)4/h6-7,12-14H,5,8-11,15-16,29H2,1-4H3,(H,30,33). The van der Waals surface area contributed by atoms with Crippen LogP contribution in [0.2, 0.25) is 10.0 Å². The van der Waals surface area contributed by atoms with Gasteiger partial charge in [0.1, 0.15) is 5.60 Å². The van der Waals surface area contributed by atoms with Gasteiger partial charge in [0.05, 0.1) is 16.2 Å². The molecule has 1 aliphatic rings. The number of nitrogens with zero attached hydrogens (tertiary/aromatic N) is 2. The lowest BCUT2D eigenvalue weighted by Gasteiger charge is -2.35. The van der Waals surface area contributed by atoms with Crippen LogP contribution in [0.25, 0.3) is 0 Å². The number of ether oxygens (including phenoxy) is 1. The predicted octanol–water partition coefficient (Wildman–Crippen LogP) is 4.35. The quantitative estimate of drug-likeness (QED) is 0.464. The summed E-state index contributed by atoms with van der Waals surface area (Å²) in [7, 11) is -3.50. The van der Waals surface area contributed by atoms with Gasteiger partial charge < -0.3 is 20.7 Å². The van der Waals surface area contributed by atoms with Gasteiger partial charge in [-0.05, 0) is 62.2 Å². The molecule has 0 spiro atoms. The Morgan fingerprint density at radius 2 is 1.71 bits per heavy atom. The van der Waals surface area contributed by atoms with Crippen molar-refractivity contribution in [2.75, 3.05) is 37.7 Å². The maximum Gasteiger partial charge on any atom is 0.410 e. The number of anilines is 1. The van der Waals surface area contributed by atoms with Gasteiger partial charge in [0, 0.05) is 55.0 Å². The minimum absolute atomic E-state index is 0.0469. The van der Waals surface area contributed by atoms with E-state index in [9.17, 15) is 18.0 Å². The van der Waals surface area contributed by atoms with Crippen LogP contribution in [0.15, 0.2) is 35.2 Å². The van der Waals surface area contributed by atoms with Crippen molar-refractivity contribution in [1.29, 1.82) is 0 Å². The average Bonchev–Trinajstić information content (AvgIpc) is 2.83. The summed E-state index contributed by atoms with van der Waals surface area (Å²) in [5.41, 5.74) is 7.25. The second-order valence-electron chi connectivity index (χ2n) is 10.1. The minimum atomic E-state index is -3.50. The molecule has 1 fully saturated rings. The van der Waals surface area contributed by atoms with E-state index in [0.29, 0.717) is 48.3 Å². The number of halogens is 2. The molecule has 0 aromatic heterocycles. The molecule has 2 aromatic rings. The van der Waals surface area contributed by atoms with Crippen LogP contribution in [0.1, 0.15) is 49.2 Å². The van der Waals surface area contributed by atoms with Crippen LogP contribution in [0.4, 0.5) is 10.5 Å². The maximum absolute atomic E-state index is 12.9. The number of sulfone groups is 1. The molecule has 2 amide bonds. The Morgan fingerprint density at radius 1 is 1.05 bits per heavy atom. The fraction of sp³-hybridized carbons (Fsp3) is 0.462. The van der Waals surface area contributed by atoms with Crippen LogP contribution in [-0.4, -0.2) is 67.8 Å². The molecule has 0 unspecified atom stereocenters. The first-order valence-electron chi connectivity index (χ1n) is 12.3. The summed E-state index contributed by atoms with van der Waals surface area (Å²) < 4.78 is 30.3. The molecular formula is C26H34Cl2N4O5S. The highest BCUT2D eigenvalue weighted by atomic mass is 35.5. The summed E-state index contributed by atoms with van der Waals surface area (Å²) in [6, 6.07) is 7.65. The number of hydrogen-bond acceptors (Lipinski definition) is 7. The number of rotatable bonds is 7. The third-order valence-electron chi connectivity index (χ3n) is 6.06. The summed E-state index contributed by atoms with van der Waals surface area (Å²) in [5, 5.41) is 3.47. The van der Waals surface area contributed by atoms with Crippen LogP contribution < -0.4 is 11.1 Å². The molecule has 208 valence electrons. The van der Waals surface area contributed by atoms with E-state index in [4.69, 9.17) is 33.7 Å². The SMILES string of the molecule is CCS(=O)(=O)c1ccc(Cl)cc1CNC(=O)c1cc(Cl)c(CN2CCN(C(=O)OC(C)(C)C)CC2)cc1N. The number of carbonyl (C=O) groups is 2. The average molecular weight is 586 g/mol. The molecular weight excluding hydrogens is 551 g/mol. The number of amides is 2. The van der Waals surface area contributed by atoms with E-state index in [-0.39, 0.29) is 34.5 Å². The summed E-state index contributed by atoms with van der Waals surface area (Å²) >= 11 is 12.6. The first kappa shape index (κ1) is 30.0. The smallest absolute Gasteiger partial charge is 0.410 e. The largest absolute Gasteiger partial charge is 0.444 e. The van der Waals surface area contributed by atoms with Crippen molar-refractivity contribution in [3.05, 3.63) is 57.1 Å². The van der Waals surface area contributed by atoms with Crippen molar-refractivity contribution in [2.45, 2.75) is 51.3 Å². The lowest BCUT2D eigenvalue weighted by atomic mass is 10.1. The summed E-state index contributed by atoms with van der Waals surface area (Å²) in [5.74, 6) is -0.558. The van der Waals surface area contributed by atoms with Crippen molar-refractivity contribution in [2.24, 2.45) is 0 Å². The third-order valence-corrected chi connectivity index (χ3v) is 8.47. The summed E-state index contributed by atoms with van der Waals surface area (Å²) in [6.07, 6.45) is -0.327. The molecule has 0 radical (unpaired) electrons. The second kappa shape index (κ2) is 12.1. The third kappa shape index (κ3) is 7.75. The molecule has 0 aliphatic carbocycles. The highest BCUT2D eigenvalue weighted by Crippen LogP contribution is 2.26. The van der Waals surface area contributed by atoms with Crippen molar-refractivity contribution in [3.63, 3.8) is 0 Å². The van der Waals surface area contributed by atoms with E-state index >= 15 is 0 Å². The van der Waals surface area contributed by atoms with Gasteiger partial charge in [-0.15, -0.1) is 0 Å². The normalized spacial score (nSPS) is 14.8. The van der Waals surface area contributed by atoms with E-state index in [1.165, 1.54) is 24.3 Å². The van der Waals surface area contributed by atoms with Gasteiger partial charge >= 0.3 is 6.09 Å². The molecule has 2 aromatic carbocycles. The Hall–Kier alpha value is -2.53. The van der Waals surface area contributed by atoms with Crippen molar-refractivity contribution >= 4 is 50.7 Å². The van der Waals surface area contributed by atoms with Crippen molar-refractivity contribution < 1.29 is 22.7 Å². The van der Waals surface area contributed by atoms with E-state index in [0.717, 1.165) is 5.56 Å². The van der Waals surface area contributed by atoms with Crippen LogP contribution >= 0.6 is 23.2 Å². The summed E-state index contributed by atoms with van der Waals surface area (Å²) in [4.78, 5) is 29.2. The summed E-state index contributed by atoms with van der Waals surface area (Å²) in [6.45, 7) is 9.86. The molecule has 38 heavy (non-hydrogen) atoms. The van der Waals surface area contributed by atoms with Gasteiger partial charge in [-0.1, -0.05) is 30.1 Å². The fourth-order valence-corrected chi connectivity index (χ4v) is 5.56. The molecule has 1 aliphatic heterocycles. The highest BCUT2D eigenvalue weighted by Gasteiger charge is 2.26. The van der Waals surface area contributed by atoms with E-state index in [1.54, 1.807) is 17.9 Å². The first-order chi connectivity index (χ1) is 17.7. The molecule has 1 saturated heterocycles. The van der Waals surface area contributed by atoms with Gasteiger partial charge in [0.25, 0.3) is 5.91 Å². The number of benzene rings is 2. The molecule has 12 heteroatoms. The number of carbonyl (C=O) groups excluding carboxylic acids is 2. The molecule has 3 N–H and O–H groups in total. The van der Waals surface area contributed by atoms with Gasteiger partial charge in [-0.2, -0.15) is 0 Å². The zero-order valence-corrected chi connectivity index (χ0v) is 24.3. The number of nitrogens with one attached hydrogen (secondary N) is 1. The van der Waals surface area contributed by atoms with Gasteiger partial charge in [0.2, 0.25) is 0 Å². The maximum atomic E-state index is 12.9. The number of nitrogen functional groups attached to an aromatic ring is 1. The first-order valence-corrected chi connectivity index (χ1v) is 14.7. The number of hydrogen-bond donors (Lipinski definition) is 2. The highest BCUT2D eigenvalue weighted by molar-refractivity contribution is 7.91. The minimum Gasteiger partial charge on any atom is -0.444 e. The Morgan fingerprint density at radius 3 is 2.32 bits per heavy atom. The Kier molecular flexibility index (Phi) is 9.57. The van der Waals surface area contributed by atoms with Crippen molar-refractivity contribution in [3.8, 4) is 0 Å². The number of nitrogens with two attached hydrogens (primary N) is 1. The molecule has 0 saturated carbocycles. The van der Waals surface area contributed by atoms with Crippen LogP contribution in [-0.2, 0) is 27.7 Å². The molecule has 0 atom stereocenters. The zero-order valence-electron chi connectivity index (χ0n) is 22.0. The predicted molar refractivity (Wildman–Crippen MR) is 149 cm³/mol. The number of piperazine rings is 1. The monoisotopic (exact) mass is 584 g/mol. The van der Waals surface area contributed by atoms with Crippen molar-refractivity contribution in [1.82, 2.24) is 15.1 Å². The van der Waals surface area contributed by atoms with E-state index in [1.807, 2.05) is 20.8 Å². The molecule has 9 nitrogen and oxygen atoms in total. The lowest BCUT2D eigenvalue weighted by molar-refractivity contribution is 0.0139. The van der Waals surface area contributed by atoms with E-state index < -0.39 is 21.3 Å².